The number of imidazole rings is 1. The minimum Gasteiger partial charge on any atom is -0.352 e. The number of nitrogens with one attached hydrogen (secondary N) is 1. The van der Waals surface area contributed by atoms with Crippen LogP contribution in [0.1, 0.15) is 22.6 Å². The van der Waals surface area contributed by atoms with Gasteiger partial charge in [0.15, 0.2) is 0 Å². The van der Waals surface area contributed by atoms with Crippen molar-refractivity contribution in [3.63, 3.8) is 0 Å². The van der Waals surface area contributed by atoms with Gasteiger partial charge in [-0.1, -0.05) is 0 Å². The molecule has 5 nitrogen and oxygen atoms in total. The van der Waals surface area contributed by atoms with E-state index in [0.29, 0.717) is 18.0 Å². The highest BCUT2D eigenvalue weighted by Gasteiger charge is 2.19. The van der Waals surface area contributed by atoms with Gasteiger partial charge in [0.25, 0.3) is 5.91 Å². The number of amides is 1. The molecule has 0 aliphatic carbocycles. The van der Waals surface area contributed by atoms with Crippen molar-refractivity contribution in [3.05, 3.63) is 48.3 Å². The number of hydrogen-bond donors (Lipinski definition) is 1. The molecular weight excluding hydrogens is 240 g/mol. The van der Waals surface area contributed by atoms with Gasteiger partial charge in [0.2, 0.25) is 0 Å². The maximum Gasteiger partial charge on any atom is 0.251 e. The van der Waals surface area contributed by atoms with E-state index in [4.69, 9.17) is 0 Å². The Bertz CT molecular complexity index is 564. The van der Waals surface area contributed by atoms with E-state index in [2.05, 4.69) is 19.9 Å². The number of aromatic nitrogens is 3. The van der Waals surface area contributed by atoms with Crippen molar-refractivity contribution in [2.75, 3.05) is 6.54 Å². The molecule has 1 aliphatic rings. The molecule has 19 heavy (non-hydrogen) atoms. The molecule has 1 atom stereocenters. The zero-order valence-electron chi connectivity index (χ0n) is 10.6. The summed E-state index contributed by atoms with van der Waals surface area (Å²) in [6, 6.07) is 3.45. The van der Waals surface area contributed by atoms with Crippen molar-refractivity contribution in [2.45, 2.75) is 19.4 Å². The number of fused-ring (bicyclic) bond motifs is 1. The minimum absolute atomic E-state index is 0.0312. The van der Waals surface area contributed by atoms with E-state index in [1.807, 2.05) is 12.4 Å². The average molecular weight is 256 g/mol. The van der Waals surface area contributed by atoms with E-state index in [0.717, 1.165) is 25.2 Å². The molecule has 0 spiro atoms. The summed E-state index contributed by atoms with van der Waals surface area (Å²) >= 11 is 0. The second-order valence-electron chi connectivity index (χ2n) is 4.84. The minimum atomic E-state index is -0.0312. The molecule has 3 rings (SSSR count). The summed E-state index contributed by atoms with van der Waals surface area (Å²) in [5.41, 5.74) is 0.660. The first-order chi connectivity index (χ1) is 9.33. The van der Waals surface area contributed by atoms with Gasteiger partial charge in [-0.25, -0.2) is 4.98 Å². The van der Waals surface area contributed by atoms with E-state index in [1.54, 1.807) is 24.5 Å². The quantitative estimate of drug-likeness (QED) is 0.899. The highest BCUT2D eigenvalue weighted by atomic mass is 16.1. The molecule has 0 radical (unpaired) electrons. The Labute approximate surface area is 111 Å². The summed E-state index contributed by atoms with van der Waals surface area (Å²) < 4.78 is 2.18. The van der Waals surface area contributed by atoms with Crippen LogP contribution < -0.4 is 5.32 Å². The molecule has 1 amide bonds. The number of carbonyl (C=O) groups excluding carboxylic acids is 1. The van der Waals surface area contributed by atoms with Crippen LogP contribution in [0.5, 0.6) is 0 Å². The third-order valence-corrected chi connectivity index (χ3v) is 3.55. The molecule has 3 heterocycles. The number of rotatable bonds is 3. The third kappa shape index (κ3) is 2.65. The van der Waals surface area contributed by atoms with E-state index in [-0.39, 0.29) is 5.91 Å². The molecule has 1 unspecified atom stereocenters. The lowest BCUT2D eigenvalue weighted by Crippen LogP contribution is -2.33. The van der Waals surface area contributed by atoms with Gasteiger partial charge in [0.05, 0.1) is 0 Å². The Balaban J connectivity index is 1.55. The molecule has 0 bridgehead atoms. The second-order valence-corrected chi connectivity index (χ2v) is 4.84. The summed E-state index contributed by atoms with van der Waals surface area (Å²) in [5, 5.41) is 2.99. The van der Waals surface area contributed by atoms with Gasteiger partial charge in [-0.05, 0) is 24.5 Å². The Hall–Kier alpha value is -2.17. The van der Waals surface area contributed by atoms with E-state index in [1.165, 1.54) is 0 Å². The van der Waals surface area contributed by atoms with Crippen LogP contribution in [0.4, 0.5) is 0 Å². The number of aryl methyl sites for hydroxylation is 1. The van der Waals surface area contributed by atoms with Crippen LogP contribution >= 0.6 is 0 Å². The number of nitrogens with zero attached hydrogens (tertiary/aromatic N) is 3. The first-order valence-electron chi connectivity index (χ1n) is 6.51. The maximum atomic E-state index is 11.9. The van der Waals surface area contributed by atoms with E-state index >= 15 is 0 Å². The van der Waals surface area contributed by atoms with Crippen LogP contribution in [-0.2, 0) is 13.0 Å². The third-order valence-electron chi connectivity index (χ3n) is 3.55. The highest BCUT2D eigenvalue weighted by Crippen LogP contribution is 2.18. The molecule has 2 aromatic rings. The fourth-order valence-electron chi connectivity index (χ4n) is 2.43. The maximum absolute atomic E-state index is 11.9. The average Bonchev–Trinajstić information content (AvgIpc) is 2.93. The summed E-state index contributed by atoms with van der Waals surface area (Å²) in [5.74, 6) is 1.56. The van der Waals surface area contributed by atoms with Crippen molar-refractivity contribution < 1.29 is 4.79 Å². The predicted molar refractivity (Wildman–Crippen MR) is 70.6 cm³/mol. The monoisotopic (exact) mass is 256 g/mol. The van der Waals surface area contributed by atoms with Crippen LogP contribution in [0.25, 0.3) is 0 Å². The van der Waals surface area contributed by atoms with Crippen molar-refractivity contribution >= 4 is 5.91 Å². The fourth-order valence-corrected chi connectivity index (χ4v) is 2.43. The van der Waals surface area contributed by atoms with Gasteiger partial charge < -0.3 is 9.88 Å². The lowest BCUT2D eigenvalue weighted by atomic mass is 9.98. The van der Waals surface area contributed by atoms with Crippen LogP contribution in [0.3, 0.4) is 0 Å². The molecule has 2 aromatic heterocycles. The zero-order chi connectivity index (χ0) is 13.1. The molecule has 98 valence electrons. The normalized spacial score (nSPS) is 17.8. The molecule has 0 saturated heterocycles. The summed E-state index contributed by atoms with van der Waals surface area (Å²) in [4.78, 5) is 20.2. The molecule has 5 heteroatoms. The SMILES string of the molecule is O=C(NCC1CCn2ccnc2C1)c1ccncc1. The van der Waals surface area contributed by atoms with E-state index in [9.17, 15) is 4.79 Å². The highest BCUT2D eigenvalue weighted by molar-refractivity contribution is 5.93. The second kappa shape index (κ2) is 5.22. The largest absolute Gasteiger partial charge is 0.352 e. The van der Waals surface area contributed by atoms with Gasteiger partial charge >= 0.3 is 0 Å². The standard InChI is InChI=1S/C14H16N4O/c19-14(12-1-4-15-5-2-12)17-10-11-3-7-18-8-6-16-13(18)9-11/h1-2,4-6,8,11H,3,7,9-10H2,(H,17,19). The molecule has 0 fully saturated rings. The van der Waals surface area contributed by atoms with Crippen LogP contribution in [0, 0.1) is 5.92 Å². The van der Waals surface area contributed by atoms with Gasteiger partial charge in [-0.2, -0.15) is 0 Å². The van der Waals surface area contributed by atoms with Crippen LogP contribution in [0.15, 0.2) is 36.9 Å². The van der Waals surface area contributed by atoms with Crippen molar-refractivity contribution in [3.8, 4) is 0 Å². The van der Waals surface area contributed by atoms with Crippen LogP contribution in [0.2, 0.25) is 0 Å². The van der Waals surface area contributed by atoms with Crippen LogP contribution in [-0.4, -0.2) is 27.0 Å². The van der Waals surface area contributed by atoms with E-state index < -0.39 is 0 Å². The van der Waals surface area contributed by atoms with Crippen molar-refractivity contribution in [2.24, 2.45) is 5.92 Å². The molecule has 1 aliphatic heterocycles. The Morgan fingerprint density at radius 3 is 3.05 bits per heavy atom. The Morgan fingerprint density at radius 1 is 1.37 bits per heavy atom. The molecular formula is C14H16N4O. The fraction of sp³-hybridized carbons (Fsp3) is 0.357. The lowest BCUT2D eigenvalue weighted by Gasteiger charge is -2.23. The van der Waals surface area contributed by atoms with Gasteiger partial charge in [0.1, 0.15) is 5.82 Å². The first kappa shape index (κ1) is 11.9. The van der Waals surface area contributed by atoms with Crippen molar-refractivity contribution in [1.29, 1.82) is 0 Å². The molecule has 0 aromatic carbocycles. The zero-order valence-corrected chi connectivity index (χ0v) is 10.6. The molecule has 0 saturated carbocycles. The lowest BCUT2D eigenvalue weighted by molar-refractivity contribution is 0.0944. The number of carbonyl (C=O) groups is 1. The Kier molecular flexibility index (Phi) is 3.27. The van der Waals surface area contributed by atoms with Gasteiger partial charge in [-0.15, -0.1) is 0 Å². The van der Waals surface area contributed by atoms with Gasteiger partial charge in [0, 0.05) is 49.9 Å². The summed E-state index contributed by atoms with van der Waals surface area (Å²) in [6.07, 6.45) is 9.14. The number of hydrogen-bond acceptors (Lipinski definition) is 3. The van der Waals surface area contributed by atoms with Crippen molar-refractivity contribution in [1.82, 2.24) is 19.9 Å². The number of pyridine rings is 1. The summed E-state index contributed by atoms with van der Waals surface area (Å²) in [7, 11) is 0. The summed E-state index contributed by atoms with van der Waals surface area (Å²) in [6.45, 7) is 1.69. The predicted octanol–water partition coefficient (Wildman–Crippen LogP) is 1.27. The first-order valence-corrected chi connectivity index (χ1v) is 6.51. The Morgan fingerprint density at radius 2 is 2.21 bits per heavy atom. The van der Waals surface area contributed by atoms with Gasteiger partial charge in [-0.3, -0.25) is 9.78 Å². The topological polar surface area (TPSA) is 59.8 Å². The smallest absolute Gasteiger partial charge is 0.251 e. The molecule has 1 N–H and O–H groups in total.